The molecule has 0 radical (unpaired) electrons. The number of nitrogens with zero attached hydrogens (tertiary/aromatic N) is 2. The summed E-state index contributed by atoms with van der Waals surface area (Å²) in [6, 6.07) is 0. The van der Waals surface area contributed by atoms with Gasteiger partial charge in [-0.3, -0.25) is 0 Å². The van der Waals surface area contributed by atoms with E-state index >= 15 is 0 Å². The third-order valence-corrected chi connectivity index (χ3v) is 2.23. The molecule has 0 spiro atoms. The Balaban J connectivity index is 2.45. The fraction of sp³-hybridized carbons (Fsp3) is 0.400. The van der Waals surface area contributed by atoms with E-state index in [1.807, 2.05) is 6.20 Å². The van der Waals surface area contributed by atoms with Gasteiger partial charge in [-0.05, 0) is 17.9 Å². The second-order valence-electron chi connectivity index (χ2n) is 3.41. The summed E-state index contributed by atoms with van der Waals surface area (Å²) in [6.45, 7) is 4.39. The van der Waals surface area contributed by atoms with E-state index in [0.717, 1.165) is 12.1 Å². The Bertz CT molecular complexity index is 326. The minimum absolute atomic E-state index is 0.571. The molecule has 0 bridgehead atoms. The molecular weight excluding hydrogens is 148 g/mol. The monoisotopic (exact) mass is 160 g/mol. The lowest BCUT2D eigenvalue weighted by molar-refractivity contribution is 0.849. The highest BCUT2D eigenvalue weighted by Gasteiger charge is 2.17. The highest BCUT2D eigenvalue weighted by molar-refractivity contribution is 5.70. The molecule has 1 aliphatic carbocycles. The first kappa shape index (κ1) is 7.47. The molecule has 0 atom stereocenters. The van der Waals surface area contributed by atoms with E-state index in [1.165, 1.54) is 11.1 Å². The summed E-state index contributed by atoms with van der Waals surface area (Å²) in [5.41, 5.74) is 3.79. The van der Waals surface area contributed by atoms with Crippen LogP contribution in [0.5, 0.6) is 0 Å². The van der Waals surface area contributed by atoms with Gasteiger partial charge in [0.15, 0.2) is 0 Å². The van der Waals surface area contributed by atoms with Crippen LogP contribution >= 0.6 is 0 Å². The van der Waals surface area contributed by atoms with Crippen LogP contribution in [0.3, 0.4) is 0 Å². The van der Waals surface area contributed by atoms with Crippen molar-refractivity contribution >= 4 is 5.57 Å². The lowest BCUT2D eigenvalue weighted by Gasteiger charge is -2.06. The summed E-state index contributed by atoms with van der Waals surface area (Å²) >= 11 is 0. The highest BCUT2D eigenvalue weighted by atomic mass is 14.8. The van der Waals surface area contributed by atoms with Gasteiger partial charge in [0.25, 0.3) is 0 Å². The summed E-state index contributed by atoms with van der Waals surface area (Å²) in [5.74, 6) is 0.571. The highest BCUT2D eigenvalue weighted by Crippen LogP contribution is 2.29. The zero-order valence-electron chi connectivity index (χ0n) is 7.41. The lowest BCUT2D eigenvalue weighted by atomic mass is 10.0. The minimum atomic E-state index is 0.571. The van der Waals surface area contributed by atoms with E-state index in [4.69, 9.17) is 0 Å². The average Bonchev–Trinajstić information content (AvgIpc) is 2.47. The average molecular weight is 160 g/mol. The molecule has 0 fully saturated rings. The molecule has 1 aromatic heterocycles. The molecule has 2 rings (SSSR count). The van der Waals surface area contributed by atoms with E-state index in [2.05, 4.69) is 29.9 Å². The summed E-state index contributed by atoms with van der Waals surface area (Å²) < 4.78 is 0. The van der Waals surface area contributed by atoms with Crippen LogP contribution in [-0.2, 0) is 6.42 Å². The maximum absolute atomic E-state index is 4.28. The molecule has 1 heterocycles. The van der Waals surface area contributed by atoms with Crippen molar-refractivity contribution in [2.24, 2.45) is 5.92 Å². The molecular formula is C10H12N2. The molecule has 0 saturated heterocycles. The minimum Gasteiger partial charge on any atom is -0.244 e. The van der Waals surface area contributed by atoms with Crippen LogP contribution in [0.1, 0.15) is 25.1 Å². The van der Waals surface area contributed by atoms with Gasteiger partial charge in [-0.15, -0.1) is 0 Å². The maximum Gasteiger partial charge on any atom is 0.116 e. The predicted molar refractivity (Wildman–Crippen MR) is 48.6 cm³/mol. The summed E-state index contributed by atoms with van der Waals surface area (Å²) in [5, 5.41) is 0. The fourth-order valence-corrected chi connectivity index (χ4v) is 1.59. The molecule has 0 unspecified atom stereocenters. The number of allylic oxidation sites excluding steroid dienone is 2. The molecule has 2 nitrogen and oxygen atoms in total. The standard InChI is InChI=1S/C10H12N2/c1-7(2)9-4-3-8-5-11-6-12-10(8)9/h4-7H,3H2,1-2H3. The van der Waals surface area contributed by atoms with E-state index in [0.29, 0.717) is 5.92 Å². The first-order valence-corrected chi connectivity index (χ1v) is 4.28. The largest absolute Gasteiger partial charge is 0.244 e. The molecule has 1 aromatic rings. The molecule has 2 heteroatoms. The molecule has 0 aliphatic heterocycles. The van der Waals surface area contributed by atoms with Gasteiger partial charge < -0.3 is 0 Å². The first-order chi connectivity index (χ1) is 5.79. The van der Waals surface area contributed by atoms with Crippen LogP contribution in [0.25, 0.3) is 5.57 Å². The molecule has 12 heavy (non-hydrogen) atoms. The SMILES string of the molecule is CC(C)C1=CCc2cncnc21. The summed E-state index contributed by atoms with van der Waals surface area (Å²) in [4.78, 5) is 8.29. The van der Waals surface area contributed by atoms with Gasteiger partial charge in [0.05, 0.1) is 5.69 Å². The van der Waals surface area contributed by atoms with E-state index in [-0.39, 0.29) is 0 Å². The van der Waals surface area contributed by atoms with Crippen LogP contribution in [0.15, 0.2) is 18.6 Å². The van der Waals surface area contributed by atoms with Gasteiger partial charge in [-0.1, -0.05) is 19.9 Å². The van der Waals surface area contributed by atoms with Crippen molar-refractivity contribution in [3.63, 3.8) is 0 Å². The summed E-state index contributed by atoms with van der Waals surface area (Å²) in [6.07, 6.45) is 6.79. The zero-order valence-corrected chi connectivity index (χ0v) is 7.41. The van der Waals surface area contributed by atoms with Crippen molar-refractivity contribution in [2.75, 3.05) is 0 Å². The molecule has 1 aliphatic rings. The smallest absolute Gasteiger partial charge is 0.116 e. The van der Waals surface area contributed by atoms with Crippen LogP contribution < -0.4 is 0 Å². The van der Waals surface area contributed by atoms with Crippen LogP contribution in [0.2, 0.25) is 0 Å². The zero-order chi connectivity index (χ0) is 8.55. The molecule has 0 saturated carbocycles. The number of rotatable bonds is 1. The number of hydrogen-bond donors (Lipinski definition) is 0. The van der Waals surface area contributed by atoms with Crippen molar-refractivity contribution in [2.45, 2.75) is 20.3 Å². The molecule has 0 amide bonds. The second kappa shape index (κ2) is 2.70. The van der Waals surface area contributed by atoms with Crippen LogP contribution in [0.4, 0.5) is 0 Å². The molecule has 0 aromatic carbocycles. The van der Waals surface area contributed by atoms with Crippen molar-refractivity contribution in [3.05, 3.63) is 29.9 Å². The molecule has 62 valence electrons. The lowest BCUT2D eigenvalue weighted by Crippen LogP contribution is -1.95. The first-order valence-electron chi connectivity index (χ1n) is 4.28. The van der Waals surface area contributed by atoms with Crippen LogP contribution in [0, 0.1) is 5.92 Å². The number of fused-ring (bicyclic) bond motifs is 1. The van der Waals surface area contributed by atoms with Gasteiger partial charge in [0.1, 0.15) is 6.33 Å². The normalized spacial score (nSPS) is 14.8. The van der Waals surface area contributed by atoms with Gasteiger partial charge in [0.2, 0.25) is 0 Å². The quantitative estimate of drug-likeness (QED) is 0.628. The van der Waals surface area contributed by atoms with Crippen molar-refractivity contribution in [1.82, 2.24) is 9.97 Å². The Morgan fingerprint density at radius 1 is 1.42 bits per heavy atom. The van der Waals surface area contributed by atoms with E-state index < -0.39 is 0 Å². The Labute approximate surface area is 72.4 Å². The van der Waals surface area contributed by atoms with E-state index in [9.17, 15) is 0 Å². The third kappa shape index (κ3) is 1.04. The van der Waals surface area contributed by atoms with Crippen LogP contribution in [-0.4, -0.2) is 9.97 Å². The van der Waals surface area contributed by atoms with Crippen molar-refractivity contribution in [1.29, 1.82) is 0 Å². The van der Waals surface area contributed by atoms with E-state index in [1.54, 1.807) is 6.33 Å². The van der Waals surface area contributed by atoms with Gasteiger partial charge in [-0.2, -0.15) is 0 Å². The molecule has 0 N–H and O–H groups in total. The van der Waals surface area contributed by atoms with Crippen molar-refractivity contribution < 1.29 is 0 Å². The predicted octanol–water partition coefficient (Wildman–Crippen LogP) is 2.07. The number of hydrogen-bond acceptors (Lipinski definition) is 2. The van der Waals surface area contributed by atoms with Gasteiger partial charge >= 0.3 is 0 Å². The third-order valence-electron chi connectivity index (χ3n) is 2.23. The van der Waals surface area contributed by atoms with Gasteiger partial charge in [0, 0.05) is 11.8 Å². The summed E-state index contributed by atoms with van der Waals surface area (Å²) in [7, 11) is 0. The van der Waals surface area contributed by atoms with Crippen molar-refractivity contribution in [3.8, 4) is 0 Å². The number of aromatic nitrogens is 2. The fourth-order valence-electron chi connectivity index (χ4n) is 1.59. The Hall–Kier alpha value is -1.18. The topological polar surface area (TPSA) is 25.8 Å². The Kier molecular flexibility index (Phi) is 1.68. The second-order valence-corrected chi connectivity index (χ2v) is 3.41. The maximum atomic E-state index is 4.28. The Morgan fingerprint density at radius 2 is 2.25 bits per heavy atom. The Morgan fingerprint density at radius 3 is 3.00 bits per heavy atom. The van der Waals surface area contributed by atoms with Gasteiger partial charge in [-0.25, -0.2) is 9.97 Å².